The van der Waals surface area contributed by atoms with Crippen LogP contribution in [0.25, 0.3) is 0 Å². The largest absolute Gasteiger partial charge is 0.388 e. The third-order valence-corrected chi connectivity index (χ3v) is 4.37. The minimum atomic E-state index is -0.260. The van der Waals surface area contributed by atoms with Gasteiger partial charge in [0.1, 0.15) is 0 Å². The zero-order valence-corrected chi connectivity index (χ0v) is 11.0. The number of aliphatic hydroxyl groups is 1. The first-order chi connectivity index (χ1) is 8.83. The molecule has 18 heavy (non-hydrogen) atoms. The predicted molar refractivity (Wildman–Crippen MR) is 74.9 cm³/mol. The molecule has 0 aromatic heterocycles. The van der Waals surface area contributed by atoms with E-state index >= 15 is 0 Å². The van der Waals surface area contributed by atoms with Crippen molar-refractivity contribution in [2.24, 2.45) is 0 Å². The Bertz CT molecular complexity index is 536. The van der Waals surface area contributed by atoms with E-state index in [0.717, 1.165) is 24.8 Å². The van der Waals surface area contributed by atoms with Crippen molar-refractivity contribution >= 4 is 11.8 Å². The normalized spacial score (nSPS) is 18.4. The molecule has 0 unspecified atom stereocenters. The lowest BCUT2D eigenvalue weighted by molar-refractivity contribution is 0.156. The summed E-state index contributed by atoms with van der Waals surface area (Å²) in [4.78, 5) is 2.52. The van der Waals surface area contributed by atoms with E-state index in [1.807, 2.05) is 6.07 Å². The molecule has 0 amide bonds. The topological polar surface area (TPSA) is 20.2 Å². The quantitative estimate of drug-likeness (QED) is 0.868. The van der Waals surface area contributed by atoms with Crippen molar-refractivity contribution in [3.05, 3.63) is 59.7 Å². The summed E-state index contributed by atoms with van der Waals surface area (Å²) in [5.74, 6) is 0. The van der Waals surface area contributed by atoms with Crippen molar-refractivity contribution in [2.45, 2.75) is 35.2 Å². The van der Waals surface area contributed by atoms with Crippen molar-refractivity contribution in [3.8, 4) is 0 Å². The van der Waals surface area contributed by atoms with Crippen LogP contribution in [-0.2, 0) is 6.42 Å². The lowest BCUT2D eigenvalue weighted by Crippen LogP contribution is -2.08. The Morgan fingerprint density at radius 3 is 2.67 bits per heavy atom. The molecule has 1 nitrogen and oxygen atoms in total. The minimum Gasteiger partial charge on any atom is -0.388 e. The van der Waals surface area contributed by atoms with Gasteiger partial charge in [0.15, 0.2) is 0 Å². The smallest absolute Gasteiger partial charge is 0.0792 e. The van der Waals surface area contributed by atoms with Gasteiger partial charge in [-0.1, -0.05) is 36.0 Å². The van der Waals surface area contributed by atoms with E-state index in [0.29, 0.717) is 0 Å². The summed E-state index contributed by atoms with van der Waals surface area (Å²) in [7, 11) is 0. The van der Waals surface area contributed by atoms with Crippen LogP contribution in [0, 0.1) is 0 Å². The van der Waals surface area contributed by atoms with E-state index in [4.69, 9.17) is 0 Å². The molecule has 2 aromatic rings. The standard InChI is InChI=1S/C16H16OS/c17-16-8-4-5-12-11-14(9-10-15(12)16)18-13-6-2-1-3-7-13/h1-3,6-7,9-11,16-17H,4-5,8H2/t16-/m0/s1. The predicted octanol–water partition coefficient (Wildman–Crippen LogP) is 4.21. The number of hydrogen-bond acceptors (Lipinski definition) is 2. The highest BCUT2D eigenvalue weighted by Gasteiger charge is 2.17. The van der Waals surface area contributed by atoms with Gasteiger partial charge in [-0.3, -0.25) is 0 Å². The Balaban J connectivity index is 1.86. The SMILES string of the molecule is O[C@H]1CCCc2cc(Sc3ccccc3)ccc21. The summed E-state index contributed by atoms with van der Waals surface area (Å²) in [5.41, 5.74) is 2.44. The van der Waals surface area contributed by atoms with Crippen LogP contribution >= 0.6 is 11.8 Å². The van der Waals surface area contributed by atoms with Gasteiger partial charge in [-0.05, 0) is 54.7 Å². The molecule has 0 spiro atoms. The zero-order chi connectivity index (χ0) is 12.4. The summed E-state index contributed by atoms with van der Waals surface area (Å²) >= 11 is 1.78. The number of fused-ring (bicyclic) bond motifs is 1. The Hall–Kier alpha value is -1.25. The van der Waals surface area contributed by atoms with Crippen LogP contribution in [0.15, 0.2) is 58.3 Å². The van der Waals surface area contributed by atoms with E-state index < -0.39 is 0 Å². The molecule has 1 aliphatic rings. The molecule has 2 aromatic carbocycles. The maximum Gasteiger partial charge on any atom is 0.0792 e. The number of hydrogen-bond donors (Lipinski definition) is 1. The highest BCUT2D eigenvalue weighted by Crippen LogP contribution is 2.34. The molecule has 3 rings (SSSR count). The van der Waals surface area contributed by atoms with Crippen LogP contribution in [0.3, 0.4) is 0 Å². The monoisotopic (exact) mass is 256 g/mol. The molecule has 0 bridgehead atoms. The van der Waals surface area contributed by atoms with Crippen LogP contribution in [-0.4, -0.2) is 5.11 Å². The van der Waals surface area contributed by atoms with E-state index in [1.165, 1.54) is 15.4 Å². The van der Waals surface area contributed by atoms with Gasteiger partial charge in [-0.25, -0.2) is 0 Å². The van der Waals surface area contributed by atoms with Gasteiger partial charge in [-0.15, -0.1) is 0 Å². The second-order valence-corrected chi connectivity index (χ2v) is 5.83. The van der Waals surface area contributed by atoms with Gasteiger partial charge in [0.25, 0.3) is 0 Å². The van der Waals surface area contributed by atoms with Gasteiger partial charge in [0.05, 0.1) is 6.10 Å². The van der Waals surface area contributed by atoms with Gasteiger partial charge < -0.3 is 5.11 Å². The van der Waals surface area contributed by atoms with Crippen molar-refractivity contribution in [2.75, 3.05) is 0 Å². The second kappa shape index (κ2) is 5.17. The Kier molecular flexibility index (Phi) is 3.39. The van der Waals surface area contributed by atoms with Crippen LogP contribution in [0.5, 0.6) is 0 Å². The maximum absolute atomic E-state index is 9.94. The number of aryl methyl sites for hydroxylation is 1. The Labute approximate surface area is 112 Å². The molecule has 0 saturated carbocycles. The first-order valence-corrected chi connectivity index (χ1v) is 7.18. The molecule has 0 fully saturated rings. The summed E-state index contributed by atoms with van der Waals surface area (Å²) in [6, 6.07) is 16.8. The molecule has 92 valence electrons. The maximum atomic E-state index is 9.94. The summed E-state index contributed by atoms with van der Waals surface area (Å²) < 4.78 is 0. The number of benzene rings is 2. The highest BCUT2D eigenvalue weighted by molar-refractivity contribution is 7.99. The Morgan fingerprint density at radius 1 is 1.00 bits per heavy atom. The van der Waals surface area contributed by atoms with Gasteiger partial charge in [0, 0.05) is 9.79 Å². The second-order valence-electron chi connectivity index (χ2n) is 4.68. The van der Waals surface area contributed by atoms with E-state index in [9.17, 15) is 5.11 Å². The van der Waals surface area contributed by atoms with Gasteiger partial charge in [0.2, 0.25) is 0 Å². The van der Waals surface area contributed by atoms with Crippen LogP contribution in [0.2, 0.25) is 0 Å². The van der Waals surface area contributed by atoms with Crippen LogP contribution in [0.4, 0.5) is 0 Å². The fraction of sp³-hybridized carbons (Fsp3) is 0.250. The molecule has 2 heteroatoms. The average Bonchev–Trinajstić information content (AvgIpc) is 2.40. The lowest BCUT2D eigenvalue weighted by atomic mass is 9.90. The van der Waals surface area contributed by atoms with Crippen molar-refractivity contribution < 1.29 is 5.11 Å². The fourth-order valence-electron chi connectivity index (χ4n) is 2.45. The molecule has 1 N–H and O–H groups in total. The van der Waals surface area contributed by atoms with Crippen molar-refractivity contribution in [3.63, 3.8) is 0 Å². The Morgan fingerprint density at radius 2 is 1.83 bits per heavy atom. The molecular weight excluding hydrogens is 240 g/mol. The molecule has 0 aliphatic heterocycles. The fourth-order valence-corrected chi connectivity index (χ4v) is 3.36. The molecule has 0 saturated heterocycles. The highest BCUT2D eigenvalue weighted by atomic mass is 32.2. The summed E-state index contributed by atoms with van der Waals surface area (Å²) in [6.07, 6.45) is 2.83. The molecule has 0 radical (unpaired) electrons. The first kappa shape index (κ1) is 11.8. The first-order valence-electron chi connectivity index (χ1n) is 6.37. The zero-order valence-electron chi connectivity index (χ0n) is 10.2. The number of rotatable bonds is 2. The van der Waals surface area contributed by atoms with E-state index in [-0.39, 0.29) is 6.10 Å². The third kappa shape index (κ3) is 2.45. The summed E-state index contributed by atoms with van der Waals surface area (Å²) in [5, 5.41) is 9.94. The van der Waals surface area contributed by atoms with Gasteiger partial charge in [-0.2, -0.15) is 0 Å². The van der Waals surface area contributed by atoms with Crippen LogP contribution < -0.4 is 0 Å². The lowest BCUT2D eigenvalue weighted by Gasteiger charge is -2.21. The van der Waals surface area contributed by atoms with E-state index in [2.05, 4.69) is 42.5 Å². The van der Waals surface area contributed by atoms with Gasteiger partial charge >= 0.3 is 0 Å². The van der Waals surface area contributed by atoms with Crippen molar-refractivity contribution in [1.82, 2.24) is 0 Å². The minimum absolute atomic E-state index is 0.260. The van der Waals surface area contributed by atoms with E-state index in [1.54, 1.807) is 11.8 Å². The summed E-state index contributed by atoms with van der Waals surface area (Å²) in [6.45, 7) is 0. The van der Waals surface area contributed by atoms with Crippen LogP contribution in [0.1, 0.15) is 30.1 Å². The molecule has 1 aliphatic carbocycles. The molecule has 1 atom stereocenters. The third-order valence-electron chi connectivity index (χ3n) is 3.38. The van der Waals surface area contributed by atoms with Crippen molar-refractivity contribution in [1.29, 1.82) is 0 Å². The molecular formula is C16H16OS. The number of aliphatic hydroxyl groups excluding tert-OH is 1. The average molecular weight is 256 g/mol. The molecule has 0 heterocycles.